The molecule has 5 heteroatoms. The molecule has 19 heavy (non-hydrogen) atoms. The number of carbonyl (C=O) groups is 1. The molecule has 112 valence electrons. The molecule has 0 spiro atoms. The molecule has 0 aromatic carbocycles. The van der Waals surface area contributed by atoms with Crippen LogP contribution in [0.25, 0.3) is 0 Å². The van der Waals surface area contributed by atoms with E-state index in [0.717, 1.165) is 38.5 Å². The zero-order valence-corrected chi connectivity index (χ0v) is 14.1. The molecule has 0 amide bonds. The van der Waals surface area contributed by atoms with Crippen molar-refractivity contribution in [2.45, 2.75) is 65.3 Å². The van der Waals surface area contributed by atoms with Gasteiger partial charge in [-0.15, -0.1) is 0 Å². The van der Waals surface area contributed by atoms with Gasteiger partial charge in [0.05, 0.1) is 19.8 Å². The predicted molar refractivity (Wildman–Crippen MR) is 71.4 cm³/mol. The minimum absolute atomic E-state index is 0. The van der Waals surface area contributed by atoms with Crippen LogP contribution < -0.4 is 0 Å². The van der Waals surface area contributed by atoms with Gasteiger partial charge in [0.2, 0.25) is 6.29 Å². The summed E-state index contributed by atoms with van der Waals surface area (Å²) in [5.74, 6) is -1.49. The maximum atomic E-state index is 11.2. The monoisotopic (exact) mass is 308 g/mol. The largest absolute Gasteiger partial charge is 0.343 e. The Morgan fingerprint density at radius 2 is 1.11 bits per heavy atom. The molecule has 0 radical (unpaired) electrons. The molecule has 0 atom stereocenters. The smallest absolute Gasteiger partial charge is 0.321 e. The van der Waals surface area contributed by atoms with Crippen molar-refractivity contribution in [3.05, 3.63) is 0 Å². The summed E-state index contributed by atoms with van der Waals surface area (Å²) >= 11 is 0. The molecule has 0 saturated carbocycles. The van der Waals surface area contributed by atoms with Crippen molar-refractivity contribution < 1.29 is 40.7 Å². The first-order valence-corrected chi connectivity index (χ1v) is 7.12. The molecule has 0 aliphatic rings. The fraction of sp³-hybridized carbons (Fsp3) is 0.929. The standard InChI is InChI=1S/C14H28O4.Ti/c1-4-7-10-16-14(13-15,17-11-8-5-2)18-12-9-6-3;/h13H,4-12H2,1-3H3;. The second-order valence-corrected chi connectivity index (χ2v) is 4.33. The number of unbranched alkanes of at least 4 members (excludes halogenated alkanes) is 3. The molecule has 0 aliphatic heterocycles. The molecule has 0 aliphatic carbocycles. The van der Waals surface area contributed by atoms with Crippen molar-refractivity contribution in [1.29, 1.82) is 0 Å². The van der Waals surface area contributed by atoms with Crippen LogP contribution in [-0.2, 0) is 40.7 Å². The summed E-state index contributed by atoms with van der Waals surface area (Å²) < 4.78 is 16.5. The van der Waals surface area contributed by atoms with Gasteiger partial charge in [-0.3, -0.25) is 4.79 Å². The van der Waals surface area contributed by atoms with Crippen LogP contribution in [0.15, 0.2) is 0 Å². The summed E-state index contributed by atoms with van der Waals surface area (Å²) in [4.78, 5) is 11.2. The fourth-order valence-corrected chi connectivity index (χ4v) is 1.30. The summed E-state index contributed by atoms with van der Waals surface area (Å²) in [5, 5.41) is 0. The van der Waals surface area contributed by atoms with Crippen LogP contribution in [0.3, 0.4) is 0 Å². The third-order valence-electron chi connectivity index (χ3n) is 2.55. The zero-order chi connectivity index (χ0) is 13.7. The third-order valence-corrected chi connectivity index (χ3v) is 2.55. The summed E-state index contributed by atoms with van der Waals surface area (Å²) in [6.07, 6.45) is 6.35. The summed E-state index contributed by atoms with van der Waals surface area (Å²) in [6, 6.07) is 0. The summed E-state index contributed by atoms with van der Waals surface area (Å²) in [5.41, 5.74) is 0. The minimum Gasteiger partial charge on any atom is -0.321 e. The molecule has 0 bridgehead atoms. The number of hydrogen-bond donors (Lipinski definition) is 0. The van der Waals surface area contributed by atoms with Gasteiger partial charge in [0.25, 0.3) is 0 Å². The van der Waals surface area contributed by atoms with Gasteiger partial charge in [-0.1, -0.05) is 40.0 Å². The molecule has 0 aromatic rings. The number of ether oxygens (including phenoxy) is 3. The fourth-order valence-electron chi connectivity index (χ4n) is 1.30. The van der Waals surface area contributed by atoms with Crippen molar-refractivity contribution in [2.24, 2.45) is 0 Å². The second kappa shape index (κ2) is 14.7. The molecule has 0 unspecified atom stereocenters. The van der Waals surface area contributed by atoms with Crippen LogP contribution in [0.4, 0.5) is 0 Å². The number of rotatable bonds is 13. The van der Waals surface area contributed by atoms with Crippen molar-refractivity contribution in [3.63, 3.8) is 0 Å². The Labute approximate surface area is 132 Å². The van der Waals surface area contributed by atoms with Gasteiger partial charge in [-0.2, -0.15) is 0 Å². The van der Waals surface area contributed by atoms with Gasteiger partial charge in [0.15, 0.2) is 0 Å². The number of hydrogen-bond acceptors (Lipinski definition) is 4. The van der Waals surface area contributed by atoms with Crippen molar-refractivity contribution >= 4 is 6.29 Å². The van der Waals surface area contributed by atoms with Crippen LogP contribution in [0, 0.1) is 0 Å². The van der Waals surface area contributed by atoms with Crippen LogP contribution >= 0.6 is 0 Å². The van der Waals surface area contributed by atoms with E-state index in [4.69, 9.17) is 14.2 Å². The molecule has 0 aromatic heterocycles. The maximum Gasteiger partial charge on any atom is 0.343 e. The Balaban J connectivity index is 0. The van der Waals surface area contributed by atoms with E-state index in [1.807, 2.05) is 0 Å². The average molecular weight is 308 g/mol. The van der Waals surface area contributed by atoms with E-state index >= 15 is 0 Å². The van der Waals surface area contributed by atoms with Crippen molar-refractivity contribution in [3.8, 4) is 0 Å². The van der Waals surface area contributed by atoms with Gasteiger partial charge < -0.3 is 14.2 Å². The van der Waals surface area contributed by atoms with Crippen LogP contribution in [0.5, 0.6) is 0 Å². The van der Waals surface area contributed by atoms with Crippen LogP contribution in [0.1, 0.15) is 59.3 Å². The van der Waals surface area contributed by atoms with E-state index in [0.29, 0.717) is 26.1 Å². The van der Waals surface area contributed by atoms with Crippen molar-refractivity contribution in [1.82, 2.24) is 0 Å². The first-order chi connectivity index (χ1) is 8.74. The van der Waals surface area contributed by atoms with Gasteiger partial charge in [-0.25, -0.2) is 0 Å². The first kappa shape index (κ1) is 21.6. The second-order valence-electron chi connectivity index (χ2n) is 4.33. The summed E-state index contributed by atoms with van der Waals surface area (Å²) in [7, 11) is 0. The molecular weight excluding hydrogens is 280 g/mol. The van der Waals surface area contributed by atoms with Gasteiger partial charge in [-0.05, 0) is 19.3 Å². The quantitative estimate of drug-likeness (QED) is 0.227. The normalized spacial score (nSPS) is 11.1. The first-order valence-electron chi connectivity index (χ1n) is 7.12. The van der Waals surface area contributed by atoms with E-state index in [2.05, 4.69) is 20.8 Å². The Morgan fingerprint density at radius 3 is 1.32 bits per heavy atom. The van der Waals surface area contributed by atoms with E-state index in [9.17, 15) is 4.79 Å². The van der Waals surface area contributed by atoms with Gasteiger partial charge in [0, 0.05) is 21.7 Å². The van der Waals surface area contributed by atoms with E-state index in [1.54, 1.807) is 0 Å². The number of carbonyl (C=O) groups excluding carboxylic acids is 1. The number of aldehydes is 1. The van der Waals surface area contributed by atoms with E-state index < -0.39 is 5.97 Å². The van der Waals surface area contributed by atoms with E-state index in [1.165, 1.54) is 0 Å². The van der Waals surface area contributed by atoms with Crippen LogP contribution in [0.2, 0.25) is 0 Å². The topological polar surface area (TPSA) is 44.8 Å². The Hall–Kier alpha value is 0.264. The Morgan fingerprint density at radius 1 is 0.789 bits per heavy atom. The predicted octanol–water partition coefficient (Wildman–Crippen LogP) is 3.29. The maximum absolute atomic E-state index is 11.2. The Kier molecular flexibility index (Phi) is 16.6. The Bertz CT molecular complexity index is 173. The minimum atomic E-state index is -1.49. The van der Waals surface area contributed by atoms with Gasteiger partial charge >= 0.3 is 5.97 Å². The molecule has 0 fully saturated rings. The average Bonchev–Trinajstić information content (AvgIpc) is 2.39. The molecule has 0 saturated heterocycles. The van der Waals surface area contributed by atoms with Crippen LogP contribution in [-0.4, -0.2) is 32.1 Å². The third kappa shape index (κ3) is 10.7. The zero-order valence-electron chi connectivity index (χ0n) is 12.6. The van der Waals surface area contributed by atoms with Crippen molar-refractivity contribution in [2.75, 3.05) is 19.8 Å². The van der Waals surface area contributed by atoms with E-state index in [-0.39, 0.29) is 21.7 Å². The molecule has 0 N–H and O–H groups in total. The molecular formula is C14H28O4Ti. The molecule has 0 heterocycles. The van der Waals surface area contributed by atoms with Gasteiger partial charge in [0.1, 0.15) is 0 Å². The summed E-state index contributed by atoms with van der Waals surface area (Å²) in [6.45, 7) is 7.65. The molecule has 0 rings (SSSR count). The SMILES string of the molecule is CCCCOC(C=O)(OCCCC)OCCCC.[Ti]. The molecule has 4 nitrogen and oxygen atoms in total.